The molecule has 2 aromatic rings. The molecule has 1 fully saturated rings. The van der Waals surface area contributed by atoms with E-state index in [9.17, 15) is 17.6 Å². The molecule has 0 unspecified atom stereocenters. The molecule has 5 nitrogen and oxygen atoms in total. The van der Waals surface area contributed by atoms with E-state index < -0.39 is 21.7 Å². The monoisotopic (exact) mass is 390 g/mol. The smallest absolute Gasteiger partial charge is 0.255 e. The van der Waals surface area contributed by atoms with Crippen molar-refractivity contribution in [2.24, 2.45) is 0 Å². The van der Waals surface area contributed by atoms with Crippen molar-refractivity contribution in [1.29, 1.82) is 0 Å². The first-order valence-corrected chi connectivity index (χ1v) is 10.5. The number of anilines is 1. The summed E-state index contributed by atoms with van der Waals surface area (Å²) in [6.45, 7) is 0. The van der Waals surface area contributed by atoms with Crippen LogP contribution in [0.5, 0.6) is 0 Å². The minimum Gasteiger partial charge on any atom is -0.319 e. The zero-order chi connectivity index (χ0) is 19.4. The van der Waals surface area contributed by atoms with Gasteiger partial charge in [0.25, 0.3) is 5.91 Å². The van der Waals surface area contributed by atoms with Crippen LogP contribution in [0.2, 0.25) is 0 Å². The Hall–Kier alpha value is -2.25. The molecule has 1 aliphatic carbocycles. The van der Waals surface area contributed by atoms with Gasteiger partial charge in [0, 0.05) is 18.7 Å². The molecule has 0 atom stereocenters. The van der Waals surface area contributed by atoms with Gasteiger partial charge >= 0.3 is 0 Å². The van der Waals surface area contributed by atoms with E-state index in [2.05, 4.69) is 5.32 Å². The summed E-state index contributed by atoms with van der Waals surface area (Å²) in [7, 11) is -2.10. The first-order valence-electron chi connectivity index (χ1n) is 9.03. The van der Waals surface area contributed by atoms with Crippen LogP contribution in [0.4, 0.5) is 10.1 Å². The molecule has 1 amide bonds. The van der Waals surface area contributed by atoms with Gasteiger partial charge in [0.1, 0.15) is 5.82 Å². The van der Waals surface area contributed by atoms with Crippen LogP contribution in [-0.2, 0) is 10.0 Å². The number of sulfonamides is 1. The van der Waals surface area contributed by atoms with E-state index >= 15 is 0 Å². The predicted molar refractivity (Wildman–Crippen MR) is 103 cm³/mol. The van der Waals surface area contributed by atoms with E-state index in [1.54, 1.807) is 13.1 Å². The summed E-state index contributed by atoms with van der Waals surface area (Å²) in [6, 6.07) is 11.7. The van der Waals surface area contributed by atoms with Gasteiger partial charge in [-0.1, -0.05) is 37.5 Å². The van der Waals surface area contributed by atoms with Crippen molar-refractivity contribution in [2.45, 2.75) is 43.0 Å². The number of hydrogen-bond donors (Lipinski definition) is 1. The molecule has 27 heavy (non-hydrogen) atoms. The molecule has 0 spiro atoms. The first-order chi connectivity index (χ1) is 12.9. The quantitative estimate of drug-likeness (QED) is 0.838. The number of carbonyl (C=O) groups excluding carboxylic acids is 1. The summed E-state index contributed by atoms with van der Waals surface area (Å²) >= 11 is 0. The number of hydrogen-bond acceptors (Lipinski definition) is 3. The SMILES string of the molecule is CN(C1CCCCC1)S(=O)(=O)c1cccc(C(=O)Nc2ccccc2F)c1. The summed E-state index contributed by atoms with van der Waals surface area (Å²) in [4.78, 5) is 12.5. The number of nitrogens with one attached hydrogen (secondary N) is 1. The van der Waals surface area contributed by atoms with Gasteiger partial charge in [0.05, 0.1) is 10.6 Å². The molecule has 0 aromatic heterocycles. The van der Waals surface area contributed by atoms with Crippen LogP contribution >= 0.6 is 0 Å². The summed E-state index contributed by atoms with van der Waals surface area (Å²) in [6.07, 6.45) is 4.88. The molecule has 0 heterocycles. The molecule has 0 radical (unpaired) electrons. The Kier molecular flexibility index (Phi) is 5.92. The highest BCUT2D eigenvalue weighted by atomic mass is 32.2. The van der Waals surface area contributed by atoms with Crippen LogP contribution in [-0.4, -0.2) is 31.7 Å². The van der Waals surface area contributed by atoms with Crippen molar-refractivity contribution in [1.82, 2.24) is 4.31 Å². The third kappa shape index (κ3) is 4.36. The van der Waals surface area contributed by atoms with E-state index in [0.717, 1.165) is 32.1 Å². The zero-order valence-corrected chi connectivity index (χ0v) is 16.0. The lowest BCUT2D eigenvalue weighted by molar-refractivity contribution is 0.102. The van der Waals surface area contributed by atoms with Crippen molar-refractivity contribution in [3.05, 3.63) is 59.9 Å². The van der Waals surface area contributed by atoms with Gasteiger partial charge in [-0.2, -0.15) is 4.31 Å². The standard InChI is InChI=1S/C20H23FN2O3S/c1-23(16-9-3-2-4-10-16)27(25,26)17-11-7-8-15(14-17)20(24)22-19-13-6-5-12-18(19)21/h5-8,11-14,16H,2-4,9-10H2,1H3,(H,22,24). The Balaban J connectivity index is 1.82. The van der Waals surface area contributed by atoms with Crippen molar-refractivity contribution in [2.75, 3.05) is 12.4 Å². The Morgan fingerprint density at radius 3 is 2.48 bits per heavy atom. The maximum absolute atomic E-state index is 13.7. The fraction of sp³-hybridized carbons (Fsp3) is 0.350. The number of amides is 1. The average Bonchev–Trinajstić information content (AvgIpc) is 2.70. The van der Waals surface area contributed by atoms with Crippen LogP contribution in [0.3, 0.4) is 0 Å². The third-order valence-corrected chi connectivity index (χ3v) is 6.89. The van der Waals surface area contributed by atoms with Gasteiger partial charge in [0.2, 0.25) is 10.0 Å². The number of carbonyl (C=O) groups is 1. The normalized spacial score (nSPS) is 15.7. The van der Waals surface area contributed by atoms with E-state index in [0.29, 0.717) is 0 Å². The Morgan fingerprint density at radius 2 is 1.78 bits per heavy atom. The highest BCUT2D eigenvalue weighted by Gasteiger charge is 2.29. The molecule has 0 aliphatic heterocycles. The molecular formula is C20H23FN2O3S. The van der Waals surface area contributed by atoms with E-state index in [4.69, 9.17) is 0 Å². The molecule has 0 saturated heterocycles. The summed E-state index contributed by atoms with van der Waals surface area (Å²) in [5.41, 5.74) is 0.214. The van der Waals surface area contributed by atoms with Crippen LogP contribution in [0, 0.1) is 5.82 Å². The molecule has 1 N–H and O–H groups in total. The topological polar surface area (TPSA) is 66.5 Å². The van der Waals surface area contributed by atoms with Gasteiger partial charge < -0.3 is 5.32 Å². The van der Waals surface area contributed by atoms with Crippen LogP contribution in [0.25, 0.3) is 0 Å². The fourth-order valence-electron chi connectivity index (χ4n) is 3.36. The molecule has 144 valence electrons. The van der Waals surface area contributed by atoms with Crippen molar-refractivity contribution in [3.8, 4) is 0 Å². The number of para-hydroxylation sites is 1. The first kappa shape index (κ1) is 19.5. The molecule has 0 bridgehead atoms. The number of halogens is 1. The Morgan fingerprint density at radius 1 is 1.07 bits per heavy atom. The van der Waals surface area contributed by atoms with Gasteiger partial charge in [-0.3, -0.25) is 4.79 Å². The predicted octanol–water partition coefficient (Wildman–Crippen LogP) is 4.03. The van der Waals surface area contributed by atoms with E-state index in [1.165, 1.54) is 46.8 Å². The lowest BCUT2D eigenvalue weighted by atomic mass is 9.96. The lowest BCUT2D eigenvalue weighted by Gasteiger charge is -2.30. The van der Waals surface area contributed by atoms with Gasteiger partial charge in [0.15, 0.2) is 0 Å². The van der Waals surface area contributed by atoms with Crippen molar-refractivity contribution >= 4 is 21.6 Å². The number of benzene rings is 2. The second-order valence-electron chi connectivity index (χ2n) is 6.77. The maximum atomic E-state index is 13.7. The van der Waals surface area contributed by atoms with Crippen LogP contribution < -0.4 is 5.32 Å². The summed E-state index contributed by atoms with van der Waals surface area (Å²) < 4.78 is 41.1. The van der Waals surface area contributed by atoms with E-state index in [1.807, 2.05) is 0 Å². The number of rotatable bonds is 5. The van der Waals surface area contributed by atoms with Crippen LogP contribution in [0.15, 0.2) is 53.4 Å². The Bertz CT molecular complexity index is 924. The fourth-order valence-corrected chi connectivity index (χ4v) is 4.82. The average molecular weight is 390 g/mol. The molecule has 1 aliphatic rings. The van der Waals surface area contributed by atoms with Gasteiger partial charge in [-0.15, -0.1) is 0 Å². The van der Waals surface area contributed by atoms with Crippen LogP contribution in [0.1, 0.15) is 42.5 Å². The second-order valence-corrected chi connectivity index (χ2v) is 8.77. The maximum Gasteiger partial charge on any atom is 0.255 e. The number of nitrogens with zero attached hydrogens (tertiary/aromatic N) is 1. The van der Waals surface area contributed by atoms with Crippen molar-refractivity contribution < 1.29 is 17.6 Å². The minimum absolute atomic E-state index is 0.0142. The Labute approximate surface area is 159 Å². The zero-order valence-electron chi connectivity index (χ0n) is 15.2. The molecule has 1 saturated carbocycles. The van der Waals surface area contributed by atoms with Gasteiger partial charge in [-0.25, -0.2) is 12.8 Å². The van der Waals surface area contributed by atoms with Gasteiger partial charge in [-0.05, 0) is 43.2 Å². The summed E-state index contributed by atoms with van der Waals surface area (Å²) in [5, 5.41) is 2.48. The second kappa shape index (κ2) is 8.19. The molecule has 3 rings (SSSR count). The van der Waals surface area contributed by atoms with E-state index in [-0.39, 0.29) is 22.2 Å². The molecule has 7 heteroatoms. The van der Waals surface area contributed by atoms with Crippen molar-refractivity contribution in [3.63, 3.8) is 0 Å². The molecule has 2 aromatic carbocycles. The minimum atomic E-state index is -3.70. The summed E-state index contributed by atoms with van der Waals surface area (Å²) in [5.74, 6) is -1.11. The molecular weight excluding hydrogens is 367 g/mol. The highest BCUT2D eigenvalue weighted by Crippen LogP contribution is 2.27. The highest BCUT2D eigenvalue weighted by molar-refractivity contribution is 7.89. The third-order valence-electron chi connectivity index (χ3n) is 4.98. The lowest BCUT2D eigenvalue weighted by Crippen LogP contribution is -2.38. The largest absolute Gasteiger partial charge is 0.319 e.